The van der Waals surface area contributed by atoms with Gasteiger partial charge in [-0.3, -0.25) is 14.4 Å². The molecule has 28 heavy (non-hydrogen) atoms. The topological polar surface area (TPSA) is 94.6 Å². The molecule has 3 rings (SSSR count). The van der Waals surface area contributed by atoms with Crippen LogP contribution < -0.4 is 0 Å². The number of carbonyl (C=O) groups is 3. The van der Waals surface area contributed by atoms with Crippen LogP contribution in [0.1, 0.15) is 66.6 Å². The lowest BCUT2D eigenvalue weighted by molar-refractivity contribution is -0.133. The second-order valence-electron chi connectivity index (χ2n) is 7.35. The number of sulfone groups is 1. The third kappa shape index (κ3) is 3.67. The van der Waals surface area contributed by atoms with Gasteiger partial charge in [-0.15, -0.1) is 0 Å². The Hall–Kier alpha value is -1.57. The van der Waals surface area contributed by atoms with Crippen molar-refractivity contribution in [2.75, 3.05) is 12.4 Å². The third-order valence-electron chi connectivity index (χ3n) is 5.26. The predicted octanol–water partition coefficient (Wildman–Crippen LogP) is 3.41. The maximum Gasteiger partial charge on any atom is 0.182 e. The fourth-order valence-electron chi connectivity index (χ4n) is 3.97. The molecule has 152 valence electrons. The van der Waals surface area contributed by atoms with Crippen LogP contribution in [0, 0.1) is 12.8 Å². The number of hydrogen-bond acceptors (Lipinski definition) is 6. The van der Waals surface area contributed by atoms with Crippen molar-refractivity contribution in [3.8, 4) is 0 Å². The summed E-state index contributed by atoms with van der Waals surface area (Å²) in [5.74, 6) is -2.86. The first-order valence-electron chi connectivity index (χ1n) is 9.46. The molecule has 1 aliphatic heterocycles. The first kappa shape index (κ1) is 21.1. The highest BCUT2D eigenvalue weighted by Gasteiger charge is 2.40. The second kappa shape index (κ2) is 8.05. The van der Waals surface area contributed by atoms with E-state index in [9.17, 15) is 22.8 Å². The van der Waals surface area contributed by atoms with Crippen LogP contribution in [0.3, 0.4) is 0 Å². The van der Waals surface area contributed by atoms with Gasteiger partial charge in [-0.25, -0.2) is 8.42 Å². The lowest BCUT2D eigenvalue weighted by Gasteiger charge is -2.29. The van der Waals surface area contributed by atoms with E-state index < -0.39 is 39.2 Å². The van der Waals surface area contributed by atoms with Crippen molar-refractivity contribution in [1.29, 1.82) is 0 Å². The Morgan fingerprint density at radius 1 is 1.25 bits per heavy atom. The molecule has 0 amide bonds. The highest BCUT2D eigenvalue weighted by Crippen LogP contribution is 2.43. The maximum atomic E-state index is 13.0. The Kier molecular flexibility index (Phi) is 6.08. The molecule has 1 heterocycles. The molecule has 8 heteroatoms. The Bertz CT molecular complexity index is 934. The molecule has 0 aromatic heterocycles. The molecule has 6 nitrogen and oxygen atoms in total. The van der Waals surface area contributed by atoms with Gasteiger partial charge in [0.25, 0.3) is 0 Å². The monoisotopic (exact) mass is 426 g/mol. The molecule has 1 atom stereocenters. The van der Waals surface area contributed by atoms with Crippen LogP contribution in [0.2, 0.25) is 5.02 Å². The molecular formula is C20H23ClO6S. The van der Waals surface area contributed by atoms with Gasteiger partial charge >= 0.3 is 0 Å². The molecule has 0 saturated heterocycles. The van der Waals surface area contributed by atoms with Crippen molar-refractivity contribution in [2.45, 2.75) is 57.0 Å². The molecule has 0 spiro atoms. The van der Waals surface area contributed by atoms with Gasteiger partial charge < -0.3 is 4.74 Å². The smallest absolute Gasteiger partial charge is 0.182 e. The second-order valence-corrected chi connectivity index (χ2v) is 9.77. The number of halogens is 1. The Balaban J connectivity index is 2.15. The summed E-state index contributed by atoms with van der Waals surface area (Å²) in [5, 5.41) is -0.0267. The average Bonchev–Trinajstić information content (AvgIpc) is 2.62. The summed E-state index contributed by atoms with van der Waals surface area (Å²) in [4.78, 5) is 37.6. The van der Waals surface area contributed by atoms with Crippen molar-refractivity contribution >= 4 is 38.8 Å². The molecule has 0 N–H and O–H groups in total. The van der Waals surface area contributed by atoms with E-state index in [4.69, 9.17) is 16.3 Å². The van der Waals surface area contributed by atoms with Crippen LogP contribution in [0.15, 0.2) is 11.0 Å². The normalized spacial score (nSPS) is 22.2. The number of ketones is 3. The van der Waals surface area contributed by atoms with E-state index in [2.05, 4.69) is 0 Å². The van der Waals surface area contributed by atoms with E-state index >= 15 is 0 Å². The number of ether oxygens (including phenoxy) is 1. The summed E-state index contributed by atoms with van der Waals surface area (Å²) in [6.07, 6.45) is 1.26. The Morgan fingerprint density at radius 2 is 1.89 bits per heavy atom. The fourth-order valence-corrected chi connectivity index (χ4v) is 6.24. The van der Waals surface area contributed by atoms with Crippen molar-refractivity contribution in [3.05, 3.63) is 27.8 Å². The molecule has 0 radical (unpaired) electrons. The van der Waals surface area contributed by atoms with Crippen LogP contribution in [-0.2, 0) is 24.2 Å². The number of benzene rings is 1. The van der Waals surface area contributed by atoms with Crippen LogP contribution in [-0.4, -0.2) is 38.1 Å². The lowest BCUT2D eigenvalue weighted by atomic mass is 9.81. The Labute approximate surface area is 169 Å². The average molecular weight is 427 g/mol. The summed E-state index contributed by atoms with van der Waals surface area (Å²) >= 11 is 6.52. The quantitative estimate of drug-likeness (QED) is 0.529. The van der Waals surface area contributed by atoms with E-state index in [-0.39, 0.29) is 46.1 Å². The molecule has 1 fully saturated rings. The van der Waals surface area contributed by atoms with Crippen LogP contribution >= 0.6 is 11.6 Å². The first-order valence-corrected chi connectivity index (χ1v) is 11.5. The SMILES string of the molecule is CCCOC1CCS(=O)(=O)c2c(C)cc(C(=O)C3C(=O)CCCC3=O)c(Cl)c21. The molecular weight excluding hydrogens is 404 g/mol. The predicted molar refractivity (Wildman–Crippen MR) is 104 cm³/mol. The minimum Gasteiger partial charge on any atom is -0.373 e. The number of fused-ring (bicyclic) bond motifs is 1. The van der Waals surface area contributed by atoms with Crippen LogP contribution in [0.4, 0.5) is 0 Å². The standard InChI is InChI=1S/C20H23ClO6S/c1-3-8-27-15-7-9-28(25,26)20-11(2)10-12(18(21)17(15)20)19(24)16-13(22)5-4-6-14(16)23/h10,15-16H,3-9H2,1-2H3. The van der Waals surface area contributed by atoms with Crippen LogP contribution in [0.25, 0.3) is 0 Å². The van der Waals surface area contributed by atoms with E-state index in [1.807, 2.05) is 6.92 Å². The van der Waals surface area contributed by atoms with E-state index in [1.165, 1.54) is 6.07 Å². The zero-order chi connectivity index (χ0) is 20.6. The number of aryl methyl sites for hydroxylation is 1. The molecule has 2 aliphatic rings. The zero-order valence-corrected chi connectivity index (χ0v) is 17.5. The first-order chi connectivity index (χ1) is 13.2. The van der Waals surface area contributed by atoms with E-state index in [0.717, 1.165) is 6.42 Å². The van der Waals surface area contributed by atoms with Gasteiger partial charge in [-0.2, -0.15) is 0 Å². The highest BCUT2D eigenvalue weighted by molar-refractivity contribution is 7.91. The van der Waals surface area contributed by atoms with Crippen molar-refractivity contribution < 1.29 is 27.5 Å². The molecule has 1 aromatic carbocycles. The molecule has 1 saturated carbocycles. The van der Waals surface area contributed by atoms with E-state index in [1.54, 1.807) is 6.92 Å². The van der Waals surface area contributed by atoms with Gasteiger partial charge in [0.2, 0.25) is 0 Å². The summed E-state index contributed by atoms with van der Waals surface area (Å²) in [6.45, 7) is 3.96. The van der Waals surface area contributed by atoms with Gasteiger partial charge in [0.15, 0.2) is 27.2 Å². The minimum atomic E-state index is -3.55. The number of carbonyl (C=O) groups excluding carboxylic acids is 3. The summed E-state index contributed by atoms with van der Waals surface area (Å²) in [7, 11) is -3.55. The molecule has 1 unspecified atom stereocenters. The van der Waals surface area contributed by atoms with E-state index in [0.29, 0.717) is 18.6 Å². The third-order valence-corrected chi connectivity index (χ3v) is 7.60. The largest absolute Gasteiger partial charge is 0.373 e. The zero-order valence-electron chi connectivity index (χ0n) is 15.9. The highest BCUT2D eigenvalue weighted by atomic mass is 35.5. The number of rotatable bonds is 5. The van der Waals surface area contributed by atoms with Gasteiger partial charge in [0.1, 0.15) is 5.92 Å². The summed E-state index contributed by atoms with van der Waals surface area (Å²) < 4.78 is 31.1. The van der Waals surface area contributed by atoms with Crippen molar-refractivity contribution in [1.82, 2.24) is 0 Å². The van der Waals surface area contributed by atoms with Gasteiger partial charge in [0, 0.05) is 30.6 Å². The summed E-state index contributed by atoms with van der Waals surface area (Å²) in [5.41, 5.74) is 0.678. The Morgan fingerprint density at radius 3 is 2.50 bits per heavy atom. The van der Waals surface area contributed by atoms with Gasteiger partial charge in [0.05, 0.1) is 21.8 Å². The van der Waals surface area contributed by atoms with Gasteiger partial charge in [-0.05, 0) is 37.8 Å². The maximum absolute atomic E-state index is 13.0. The summed E-state index contributed by atoms with van der Waals surface area (Å²) in [6, 6.07) is 1.39. The lowest BCUT2D eigenvalue weighted by Crippen LogP contribution is -2.36. The number of hydrogen-bond donors (Lipinski definition) is 0. The minimum absolute atomic E-state index is 0.0220. The van der Waals surface area contributed by atoms with Crippen LogP contribution in [0.5, 0.6) is 0 Å². The number of Topliss-reactive ketones (excluding diaryl/α,β-unsaturated/α-hetero) is 3. The molecule has 1 aliphatic carbocycles. The van der Waals surface area contributed by atoms with Crippen molar-refractivity contribution in [3.63, 3.8) is 0 Å². The molecule has 0 bridgehead atoms. The van der Waals surface area contributed by atoms with Gasteiger partial charge in [-0.1, -0.05) is 18.5 Å². The fraction of sp³-hybridized carbons (Fsp3) is 0.550. The van der Waals surface area contributed by atoms with Crippen molar-refractivity contribution in [2.24, 2.45) is 5.92 Å². The molecule has 1 aromatic rings.